The van der Waals surface area contributed by atoms with Crippen LogP contribution in [0, 0.1) is 5.92 Å². The highest BCUT2D eigenvalue weighted by Crippen LogP contribution is 2.59. The summed E-state index contributed by atoms with van der Waals surface area (Å²) in [6.07, 6.45) is 6.78. The van der Waals surface area contributed by atoms with E-state index in [1.54, 1.807) is 0 Å². The molecule has 0 bridgehead atoms. The first-order chi connectivity index (χ1) is 34.6. The summed E-state index contributed by atoms with van der Waals surface area (Å²) >= 11 is 0. The zero-order chi connectivity index (χ0) is 46.6. The van der Waals surface area contributed by atoms with Gasteiger partial charge in [-0.15, -0.1) is 0 Å². The molecule has 2 nitrogen and oxygen atoms in total. The van der Waals surface area contributed by atoms with Crippen LogP contribution in [0.15, 0.2) is 273 Å². The molecule has 2 unspecified atom stereocenters. The van der Waals surface area contributed by atoms with Crippen LogP contribution < -0.4 is 5.32 Å². The van der Waals surface area contributed by atoms with E-state index in [0.29, 0.717) is 5.92 Å². The Balaban J connectivity index is 0.979. The number of nitrogens with zero attached hydrogens (tertiary/aromatic N) is 1. The van der Waals surface area contributed by atoms with Crippen LogP contribution in [0.3, 0.4) is 0 Å². The fourth-order valence-electron chi connectivity index (χ4n) is 11.8. The van der Waals surface area contributed by atoms with E-state index < -0.39 is 5.41 Å². The summed E-state index contributed by atoms with van der Waals surface area (Å²) in [5, 5.41) is 6.34. The molecule has 70 heavy (non-hydrogen) atoms. The summed E-state index contributed by atoms with van der Waals surface area (Å²) < 4.78 is 2.53. The first-order valence-electron chi connectivity index (χ1n) is 24.5. The number of hydrogen-bond acceptors (Lipinski definition) is 1. The Morgan fingerprint density at radius 1 is 0.443 bits per heavy atom. The second-order valence-electron chi connectivity index (χ2n) is 18.9. The van der Waals surface area contributed by atoms with E-state index in [1.165, 1.54) is 99.8 Å². The maximum absolute atomic E-state index is 3.87. The van der Waals surface area contributed by atoms with Crippen molar-refractivity contribution in [2.45, 2.75) is 18.3 Å². The number of benzene rings is 10. The van der Waals surface area contributed by atoms with Crippen LogP contribution in [0.2, 0.25) is 0 Å². The van der Waals surface area contributed by atoms with E-state index in [1.807, 2.05) is 0 Å². The van der Waals surface area contributed by atoms with Crippen LogP contribution in [0.1, 0.15) is 40.7 Å². The largest absolute Gasteiger partial charge is 0.358 e. The zero-order valence-electron chi connectivity index (χ0n) is 39.0. The van der Waals surface area contributed by atoms with Crippen LogP contribution in [-0.4, -0.2) is 4.57 Å². The van der Waals surface area contributed by atoms with Crippen molar-refractivity contribution >= 4 is 27.5 Å². The van der Waals surface area contributed by atoms with Crippen LogP contribution in [0.5, 0.6) is 0 Å². The lowest BCUT2D eigenvalue weighted by atomic mass is 9.67. The molecule has 1 aromatic heterocycles. The molecule has 2 atom stereocenters. The predicted octanol–water partition coefficient (Wildman–Crippen LogP) is 17.4. The highest BCUT2D eigenvalue weighted by molar-refractivity contribution is 6.17. The molecule has 0 saturated carbocycles. The molecule has 0 radical (unpaired) electrons. The van der Waals surface area contributed by atoms with Gasteiger partial charge in [-0.1, -0.05) is 231 Å². The van der Waals surface area contributed by atoms with Crippen molar-refractivity contribution in [1.82, 2.24) is 4.57 Å². The molecule has 2 aliphatic carbocycles. The molecule has 1 heterocycles. The van der Waals surface area contributed by atoms with Gasteiger partial charge in [0.05, 0.1) is 16.4 Å². The fraction of sp³-hybridized carbons (Fsp3) is 0.0588. The SMILES string of the molecule is CC1C=CC=C(Nc2cccc(-c3ccccc3)c2)C1c1cccc(-c2ccc3c(c2)c2ccc4c(c2n3-c2ccc(-c3ccccc3)cc2)-c2ccccc2C4(c2ccccc2)c2ccccc2)c1. The van der Waals surface area contributed by atoms with Gasteiger partial charge >= 0.3 is 0 Å². The van der Waals surface area contributed by atoms with E-state index in [2.05, 4.69) is 284 Å². The van der Waals surface area contributed by atoms with Gasteiger partial charge in [0.25, 0.3) is 0 Å². The molecule has 0 fully saturated rings. The quantitative estimate of drug-likeness (QED) is 0.153. The predicted molar refractivity (Wildman–Crippen MR) is 294 cm³/mol. The van der Waals surface area contributed by atoms with Gasteiger partial charge in [0.1, 0.15) is 0 Å². The number of nitrogens with one attached hydrogen (secondary N) is 1. The average molecular weight is 895 g/mol. The number of aromatic nitrogens is 1. The van der Waals surface area contributed by atoms with Gasteiger partial charge in [-0.3, -0.25) is 0 Å². The highest BCUT2D eigenvalue weighted by Gasteiger charge is 2.47. The van der Waals surface area contributed by atoms with E-state index >= 15 is 0 Å². The second kappa shape index (κ2) is 17.1. The lowest BCUT2D eigenvalue weighted by Crippen LogP contribution is -2.28. The third-order valence-corrected chi connectivity index (χ3v) is 15.0. The minimum atomic E-state index is -0.509. The van der Waals surface area contributed by atoms with Crippen molar-refractivity contribution in [1.29, 1.82) is 0 Å². The first-order valence-corrected chi connectivity index (χ1v) is 24.5. The van der Waals surface area contributed by atoms with E-state index in [-0.39, 0.29) is 5.92 Å². The van der Waals surface area contributed by atoms with Crippen molar-refractivity contribution < 1.29 is 0 Å². The molecule has 1 N–H and O–H groups in total. The second-order valence-corrected chi connectivity index (χ2v) is 18.9. The van der Waals surface area contributed by atoms with Crippen LogP contribution >= 0.6 is 0 Å². The molecule has 0 aliphatic heterocycles. The number of rotatable bonds is 9. The van der Waals surface area contributed by atoms with Crippen molar-refractivity contribution in [3.8, 4) is 50.2 Å². The topological polar surface area (TPSA) is 17.0 Å². The molecular formula is C68H50N2. The van der Waals surface area contributed by atoms with Crippen LogP contribution in [0.25, 0.3) is 72.0 Å². The Morgan fingerprint density at radius 2 is 1.01 bits per heavy atom. The number of anilines is 1. The van der Waals surface area contributed by atoms with E-state index in [9.17, 15) is 0 Å². The average Bonchev–Trinajstić information content (AvgIpc) is 3.93. The van der Waals surface area contributed by atoms with Gasteiger partial charge in [-0.05, 0) is 115 Å². The van der Waals surface area contributed by atoms with Gasteiger partial charge < -0.3 is 9.88 Å². The summed E-state index contributed by atoms with van der Waals surface area (Å²) in [6, 6.07) is 91.8. The van der Waals surface area contributed by atoms with Crippen molar-refractivity contribution in [3.05, 3.63) is 300 Å². The molecule has 10 aromatic carbocycles. The summed E-state index contributed by atoms with van der Waals surface area (Å²) in [7, 11) is 0. The number of fused-ring (bicyclic) bond motifs is 7. The Kier molecular flexibility index (Phi) is 10.1. The molecule has 13 rings (SSSR count). The summed E-state index contributed by atoms with van der Waals surface area (Å²) in [5.74, 6) is 0.463. The Morgan fingerprint density at radius 3 is 1.73 bits per heavy atom. The van der Waals surface area contributed by atoms with Crippen molar-refractivity contribution in [3.63, 3.8) is 0 Å². The lowest BCUT2D eigenvalue weighted by Gasteiger charge is -2.33. The van der Waals surface area contributed by atoms with E-state index in [0.717, 1.165) is 11.4 Å². The molecule has 0 saturated heterocycles. The Hall–Kier alpha value is -8.72. The fourth-order valence-corrected chi connectivity index (χ4v) is 11.8. The smallest absolute Gasteiger partial charge is 0.0714 e. The van der Waals surface area contributed by atoms with Gasteiger partial charge in [0, 0.05) is 39.3 Å². The van der Waals surface area contributed by atoms with Crippen molar-refractivity contribution in [2.24, 2.45) is 5.92 Å². The standard InChI is InChI=1S/C68H50N2/c1-46-19-16-34-63(69-56-31-18-25-51(44-56)48-22-8-3-9-23-48)65(46)53-26-17-24-50(43-53)52-37-42-64-60(45-52)58-40-41-62-66(67(58)70(64)57-38-35-49(36-39-57)47-20-6-2-7-21-47)59-32-14-15-33-61(59)68(62,54-27-10-4-11-28-54)55-29-12-5-13-30-55/h2-46,65,69H,1H3. The molecule has 2 heteroatoms. The molecular weight excluding hydrogens is 845 g/mol. The molecule has 0 amide bonds. The Labute approximate surface area is 410 Å². The minimum Gasteiger partial charge on any atom is -0.358 e. The molecule has 2 aliphatic rings. The maximum atomic E-state index is 3.87. The normalized spacial score (nSPS) is 15.6. The van der Waals surface area contributed by atoms with Crippen molar-refractivity contribution in [2.75, 3.05) is 5.32 Å². The zero-order valence-corrected chi connectivity index (χ0v) is 39.0. The lowest BCUT2D eigenvalue weighted by molar-refractivity contribution is 0.609. The molecule has 332 valence electrons. The van der Waals surface area contributed by atoms with Gasteiger partial charge in [-0.2, -0.15) is 0 Å². The Bertz CT molecular complexity index is 3750. The van der Waals surface area contributed by atoms with Crippen LogP contribution in [0.4, 0.5) is 5.69 Å². The molecule has 0 spiro atoms. The summed E-state index contributed by atoms with van der Waals surface area (Å²) in [6.45, 7) is 2.33. The van der Waals surface area contributed by atoms with Crippen LogP contribution in [-0.2, 0) is 5.41 Å². The third kappa shape index (κ3) is 6.78. The summed E-state index contributed by atoms with van der Waals surface area (Å²) in [4.78, 5) is 0. The number of allylic oxidation sites excluding steroid dienone is 4. The van der Waals surface area contributed by atoms with Gasteiger partial charge in [0.2, 0.25) is 0 Å². The van der Waals surface area contributed by atoms with Gasteiger partial charge in [0.15, 0.2) is 0 Å². The van der Waals surface area contributed by atoms with Gasteiger partial charge in [-0.25, -0.2) is 0 Å². The minimum absolute atomic E-state index is 0.159. The third-order valence-electron chi connectivity index (χ3n) is 15.0. The highest BCUT2D eigenvalue weighted by atomic mass is 15.0. The number of hydrogen-bond donors (Lipinski definition) is 1. The first kappa shape index (κ1) is 41.5. The summed E-state index contributed by atoms with van der Waals surface area (Å²) in [5.41, 5.74) is 21.5. The van der Waals surface area contributed by atoms with E-state index in [4.69, 9.17) is 0 Å². The monoisotopic (exact) mass is 894 g/mol. The molecule has 11 aromatic rings. The maximum Gasteiger partial charge on any atom is 0.0714 e.